The summed E-state index contributed by atoms with van der Waals surface area (Å²) in [6.45, 7) is 0.390. The normalized spacial score (nSPS) is 10.3. The van der Waals surface area contributed by atoms with Gasteiger partial charge in [-0.1, -0.05) is 28.1 Å². The van der Waals surface area contributed by atoms with Crippen molar-refractivity contribution in [2.45, 2.75) is 6.54 Å². The minimum absolute atomic E-state index is 0.287. The number of nitrogens with one attached hydrogen (secondary N) is 1. The van der Waals surface area contributed by atoms with E-state index in [9.17, 15) is 9.18 Å². The lowest BCUT2D eigenvalue weighted by Crippen LogP contribution is -2.23. The first-order chi connectivity index (χ1) is 9.06. The zero-order valence-electron chi connectivity index (χ0n) is 9.79. The van der Waals surface area contributed by atoms with Crippen molar-refractivity contribution in [1.82, 2.24) is 5.32 Å². The van der Waals surface area contributed by atoms with E-state index in [4.69, 9.17) is 0 Å². The van der Waals surface area contributed by atoms with E-state index in [2.05, 4.69) is 37.2 Å². The van der Waals surface area contributed by atoms with Crippen molar-refractivity contribution in [3.05, 3.63) is 68.4 Å². The van der Waals surface area contributed by atoms with Gasteiger partial charge < -0.3 is 5.32 Å². The Balaban J connectivity index is 2.07. The van der Waals surface area contributed by atoms with Gasteiger partial charge in [0.1, 0.15) is 5.82 Å². The largest absolute Gasteiger partial charge is 0.348 e. The molecule has 0 aliphatic rings. The van der Waals surface area contributed by atoms with Crippen LogP contribution in [-0.4, -0.2) is 5.91 Å². The topological polar surface area (TPSA) is 29.1 Å². The number of benzene rings is 2. The number of rotatable bonds is 3. The molecule has 2 aromatic rings. The van der Waals surface area contributed by atoms with Crippen molar-refractivity contribution in [3.63, 3.8) is 0 Å². The summed E-state index contributed by atoms with van der Waals surface area (Å²) >= 11 is 6.60. The summed E-state index contributed by atoms with van der Waals surface area (Å²) in [7, 11) is 0. The molecule has 0 atom stereocenters. The summed E-state index contributed by atoms with van der Waals surface area (Å²) in [5.41, 5.74) is 1.25. The minimum atomic E-state index is -0.434. The maximum absolute atomic E-state index is 13.1. The molecule has 0 aliphatic heterocycles. The molecule has 19 heavy (non-hydrogen) atoms. The van der Waals surface area contributed by atoms with Crippen LogP contribution in [-0.2, 0) is 6.54 Å². The fourth-order valence-electron chi connectivity index (χ4n) is 1.60. The van der Waals surface area contributed by atoms with E-state index >= 15 is 0 Å². The van der Waals surface area contributed by atoms with Crippen LogP contribution in [0.15, 0.2) is 51.4 Å². The molecule has 5 heteroatoms. The molecule has 0 saturated heterocycles. The summed E-state index contributed by atoms with van der Waals surface area (Å²) in [5, 5.41) is 2.75. The van der Waals surface area contributed by atoms with E-state index in [-0.39, 0.29) is 11.5 Å². The molecule has 2 nitrogen and oxygen atoms in total. The standard InChI is InChI=1S/C14H10Br2FNO/c15-10-3-1-2-9(6-10)8-18-14(19)12-7-11(17)4-5-13(12)16/h1-7H,8H2,(H,18,19). The number of carbonyl (C=O) groups excluding carboxylic acids is 1. The molecule has 0 aliphatic carbocycles. The second-order valence-corrected chi connectivity index (χ2v) is 5.71. The Kier molecular flexibility index (Phi) is 4.71. The van der Waals surface area contributed by atoms with Crippen molar-refractivity contribution in [3.8, 4) is 0 Å². The van der Waals surface area contributed by atoms with Gasteiger partial charge in [-0.15, -0.1) is 0 Å². The fraction of sp³-hybridized carbons (Fsp3) is 0.0714. The molecule has 0 saturated carbocycles. The smallest absolute Gasteiger partial charge is 0.252 e. The second-order valence-electron chi connectivity index (χ2n) is 3.94. The Bertz CT molecular complexity index is 616. The second kappa shape index (κ2) is 6.30. The Morgan fingerprint density at radius 3 is 2.68 bits per heavy atom. The van der Waals surface area contributed by atoms with Crippen molar-refractivity contribution < 1.29 is 9.18 Å². The van der Waals surface area contributed by atoms with E-state index in [0.717, 1.165) is 10.0 Å². The minimum Gasteiger partial charge on any atom is -0.348 e. The van der Waals surface area contributed by atoms with E-state index in [1.54, 1.807) is 0 Å². The summed E-state index contributed by atoms with van der Waals surface area (Å²) in [5.74, 6) is -0.748. The molecule has 0 aromatic heterocycles. The third kappa shape index (κ3) is 3.88. The Morgan fingerprint density at radius 2 is 1.95 bits per heavy atom. The van der Waals surface area contributed by atoms with Crippen LogP contribution in [0.5, 0.6) is 0 Å². The molecular weight excluding hydrogens is 377 g/mol. The van der Waals surface area contributed by atoms with Gasteiger partial charge in [-0.3, -0.25) is 4.79 Å². The number of carbonyl (C=O) groups is 1. The molecular formula is C14H10Br2FNO. The van der Waals surface area contributed by atoms with Gasteiger partial charge in [0, 0.05) is 15.5 Å². The molecule has 98 valence electrons. The maximum Gasteiger partial charge on any atom is 0.252 e. The van der Waals surface area contributed by atoms with Crippen LogP contribution in [0.1, 0.15) is 15.9 Å². The maximum atomic E-state index is 13.1. The summed E-state index contributed by atoms with van der Waals surface area (Å²) < 4.78 is 14.6. The van der Waals surface area contributed by atoms with Gasteiger partial charge in [0.2, 0.25) is 0 Å². The lowest BCUT2D eigenvalue weighted by Gasteiger charge is -2.07. The average molecular weight is 387 g/mol. The van der Waals surface area contributed by atoms with Crippen LogP contribution in [0.4, 0.5) is 4.39 Å². The van der Waals surface area contributed by atoms with E-state index in [0.29, 0.717) is 11.0 Å². The highest BCUT2D eigenvalue weighted by molar-refractivity contribution is 9.10. The number of halogens is 3. The van der Waals surface area contributed by atoms with Crippen LogP contribution in [0.2, 0.25) is 0 Å². The lowest BCUT2D eigenvalue weighted by molar-refractivity contribution is 0.0949. The van der Waals surface area contributed by atoms with Crippen molar-refractivity contribution >= 4 is 37.8 Å². The first-order valence-corrected chi connectivity index (χ1v) is 7.12. The first kappa shape index (κ1) is 14.2. The van der Waals surface area contributed by atoms with Gasteiger partial charge in [0.15, 0.2) is 0 Å². The molecule has 0 heterocycles. The Morgan fingerprint density at radius 1 is 1.16 bits per heavy atom. The quantitative estimate of drug-likeness (QED) is 0.837. The monoisotopic (exact) mass is 385 g/mol. The molecule has 2 aromatic carbocycles. The fourth-order valence-corrected chi connectivity index (χ4v) is 2.47. The van der Waals surface area contributed by atoms with Crippen molar-refractivity contribution in [1.29, 1.82) is 0 Å². The van der Waals surface area contributed by atoms with Crippen molar-refractivity contribution in [2.24, 2.45) is 0 Å². The molecule has 1 N–H and O–H groups in total. The Hall–Kier alpha value is -1.20. The Labute approximate surface area is 127 Å². The predicted octanol–water partition coefficient (Wildman–Crippen LogP) is 4.28. The molecule has 0 fully saturated rings. The highest BCUT2D eigenvalue weighted by Crippen LogP contribution is 2.18. The van der Waals surface area contributed by atoms with Gasteiger partial charge in [0.25, 0.3) is 5.91 Å². The lowest BCUT2D eigenvalue weighted by atomic mass is 10.2. The van der Waals surface area contributed by atoms with Crippen LogP contribution in [0.25, 0.3) is 0 Å². The summed E-state index contributed by atoms with van der Waals surface area (Å²) in [4.78, 5) is 12.0. The highest BCUT2D eigenvalue weighted by atomic mass is 79.9. The molecule has 0 radical (unpaired) electrons. The third-order valence-electron chi connectivity index (χ3n) is 2.52. The van der Waals surface area contributed by atoms with Gasteiger partial charge in [-0.2, -0.15) is 0 Å². The summed E-state index contributed by atoms with van der Waals surface area (Å²) in [6.07, 6.45) is 0. The van der Waals surface area contributed by atoms with Crippen LogP contribution >= 0.6 is 31.9 Å². The molecule has 2 rings (SSSR count). The molecule has 0 bridgehead atoms. The van der Waals surface area contributed by atoms with Gasteiger partial charge in [0.05, 0.1) is 5.56 Å². The molecule has 1 amide bonds. The molecule has 0 unspecified atom stereocenters. The van der Waals surface area contributed by atoms with Crippen LogP contribution in [0.3, 0.4) is 0 Å². The first-order valence-electron chi connectivity index (χ1n) is 5.54. The van der Waals surface area contributed by atoms with Gasteiger partial charge >= 0.3 is 0 Å². The number of amides is 1. The third-order valence-corrected chi connectivity index (χ3v) is 3.70. The zero-order chi connectivity index (χ0) is 13.8. The summed E-state index contributed by atoms with van der Waals surface area (Å²) in [6, 6.07) is 11.7. The van der Waals surface area contributed by atoms with Gasteiger partial charge in [-0.05, 0) is 51.8 Å². The highest BCUT2D eigenvalue weighted by Gasteiger charge is 2.10. The SMILES string of the molecule is O=C(NCc1cccc(Br)c1)c1cc(F)ccc1Br. The number of hydrogen-bond acceptors (Lipinski definition) is 1. The average Bonchev–Trinajstić information content (AvgIpc) is 2.39. The predicted molar refractivity (Wildman–Crippen MR) is 79.4 cm³/mol. The number of hydrogen-bond donors (Lipinski definition) is 1. The van der Waals surface area contributed by atoms with Crippen molar-refractivity contribution in [2.75, 3.05) is 0 Å². The van der Waals surface area contributed by atoms with Gasteiger partial charge in [-0.25, -0.2) is 4.39 Å². The van der Waals surface area contributed by atoms with E-state index in [1.165, 1.54) is 18.2 Å². The van der Waals surface area contributed by atoms with E-state index < -0.39 is 5.82 Å². The van der Waals surface area contributed by atoms with Crippen LogP contribution in [0, 0.1) is 5.82 Å². The van der Waals surface area contributed by atoms with Crippen LogP contribution < -0.4 is 5.32 Å². The van der Waals surface area contributed by atoms with E-state index in [1.807, 2.05) is 24.3 Å². The molecule has 0 spiro atoms. The zero-order valence-corrected chi connectivity index (χ0v) is 13.0.